The van der Waals surface area contributed by atoms with Crippen LogP contribution >= 0.6 is 0 Å². The lowest BCUT2D eigenvalue weighted by molar-refractivity contribution is 0.0204. The molecule has 88 valence electrons. The molecule has 0 saturated carbocycles. The van der Waals surface area contributed by atoms with Crippen LogP contribution in [0.15, 0.2) is 18.2 Å². The van der Waals surface area contributed by atoms with Gasteiger partial charge < -0.3 is 9.84 Å². The average Bonchev–Trinajstić information content (AvgIpc) is 2.59. The van der Waals surface area contributed by atoms with Gasteiger partial charge in [-0.2, -0.15) is 0 Å². The molecule has 1 aromatic carbocycles. The molecule has 3 heteroatoms. The van der Waals surface area contributed by atoms with Crippen LogP contribution in [0.3, 0.4) is 0 Å². The predicted molar refractivity (Wildman–Crippen MR) is 59.7 cm³/mol. The summed E-state index contributed by atoms with van der Waals surface area (Å²) in [7, 11) is 1.65. The molecule has 0 amide bonds. The normalized spacial score (nSPS) is 23.4. The summed E-state index contributed by atoms with van der Waals surface area (Å²) in [6.45, 7) is 0.632. The molecular weight excluding hydrogens is 207 g/mol. The topological polar surface area (TPSA) is 29.5 Å². The van der Waals surface area contributed by atoms with Crippen molar-refractivity contribution in [3.63, 3.8) is 0 Å². The van der Waals surface area contributed by atoms with Crippen LogP contribution in [0.4, 0.5) is 4.39 Å². The molecule has 2 rings (SSSR count). The first-order chi connectivity index (χ1) is 7.67. The van der Waals surface area contributed by atoms with Crippen molar-refractivity contribution >= 4 is 0 Å². The summed E-state index contributed by atoms with van der Waals surface area (Å²) in [4.78, 5) is 0. The minimum absolute atomic E-state index is 0.194. The Morgan fingerprint density at radius 3 is 3.06 bits per heavy atom. The van der Waals surface area contributed by atoms with Gasteiger partial charge >= 0.3 is 0 Å². The molecule has 1 N–H and O–H groups in total. The molecule has 1 aliphatic rings. The summed E-state index contributed by atoms with van der Waals surface area (Å²) in [5, 5.41) is 10.5. The molecule has 1 atom stereocenters. The van der Waals surface area contributed by atoms with Crippen molar-refractivity contribution in [1.29, 1.82) is 0 Å². The lowest BCUT2D eigenvalue weighted by atomic mass is 9.91. The standard InChI is InChI=1S/C13H17FO2/c1-16-9-3-7-13(15)8-6-10-11(13)4-2-5-12(10)14/h2,4-5,15H,3,6-9H2,1H3. The summed E-state index contributed by atoms with van der Waals surface area (Å²) in [5.74, 6) is -0.194. The molecule has 0 aromatic heterocycles. The maximum atomic E-state index is 13.5. The van der Waals surface area contributed by atoms with E-state index in [2.05, 4.69) is 0 Å². The second-order valence-electron chi connectivity index (χ2n) is 4.39. The summed E-state index contributed by atoms with van der Waals surface area (Å²) in [6.07, 6.45) is 2.68. The molecule has 1 unspecified atom stereocenters. The molecule has 2 nitrogen and oxygen atoms in total. The van der Waals surface area contributed by atoms with Crippen LogP contribution in [0.1, 0.15) is 30.4 Å². The van der Waals surface area contributed by atoms with Crippen LogP contribution in [-0.2, 0) is 16.8 Å². The van der Waals surface area contributed by atoms with Gasteiger partial charge in [0.1, 0.15) is 5.82 Å². The third-order valence-electron chi connectivity index (χ3n) is 3.35. The van der Waals surface area contributed by atoms with E-state index in [1.165, 1.54) is 6.07 Å². The Labute approximate surface area is 95.1 Å². The van der Waals surface area contributed by atoms with Crippen molar-refractivity contribution in [2.24, 2.45) is 0 Å². The van der Waals surface area contributed by atoms with E-state index in [1.54, 1.807) is 13.2 Å². The number of hydrogen-bond donors (Lipinski definition) is 1. The molecule has 16 heavy (non-hydrogen) atoms. The first-order valence-electron chi connectivity index (χ1n) is 5.66. The van der Waals surface area contributed by atoms with E-state index in [1.807, 2.05) is 6.07 Å². The summed E-state index contributed by atoms with van der Waals surface area (Å²) in [6, 6.07) is 4.96. The molecule has 0 saturated heterocycles. The second-order valence-corrected chi connectivity index (χ2v) is 4.39. The Kier molecular flexibility index (Phi) is 3.26. The smallest absolute Gasteiger partial charge is 0.126 e. The van der Waals surface area contributed by atoms with Gasteiger partial charge in [0.05, 0.1) is 5.60 Å². The Bertz CT molecular complexity index is 378. The Morgan fingerprint density at radius 2 is 2.31 bits per heavy atom. The molecule has 1 aliphatic carbocycles. The van der Waals surface area contributed by atoms with Crippen molar-refractivity contribution in [1.82, 2.24) is 0 Å². The summed E-state index contributed by atoms with van der Waals surface area (Å²) in [5.41, 5.74) is 0.599. The van der Waals surface area contributed by atoms with Gasteiger partial charge in [-0.05, 0) is 42.9 Å². The fourth-order valence-corrected chi connectivity index (χ4v) is 2.48. The molecule has 1 aromatic rings. The zero-order valence-electron chi connectivity index (χ0n) is 9.50. The van der Waals surface area contributed by atoms with Gasteiger partial charge in [0.15, 0.2) is 0 Å². The third kappa shape index (κ3) is 1.97. The van der Waals surface area contributed by atoms with Gasteiger partial charge in [0.2, 0.25) is 0 Å². The summed E-state index contributed by atoms with van der Waals surface area (Å²) >= 11 is 0. The minimum Gasteiger partial charge on any atom is -0.385 e. The maximum absolute atomic E-state index is 13.5. The van der Waals surface area contributed by atoms with E-state index < -0.39 is 5.60 Å². The molecule has 0 heterocycles. The van der Waals surface area contributed by atoms with Crippen LogP contribution in [0.25, 0.3) is 0 Å². The highest BCUT2D eigenvalue weighted by Gasteiger charge is 2.37. The van der Waals surface area contributed by atoms with Gasteiger partial charge in [0.25, 0.3) is 0 Å². The summed E-state index contributed by atoms with van der Waals surface area (Å²) < 4.78 is 18.5. The molecule has 0 spiro atoms. The Balaban J connectivity index is 2.18. The molecule has 0 fully saturated rings. The number of hydrogen-bond acceptors (Lipinski definition) is 2. The third-order valence-corrected chi connectivity index (χ3v) is 3.35. The van der Waals surface area contributed by atoms with Gasteiger partial charge in [-0.3, -0.25) is 0 Å². The predicted octanol–water partition coefficient (Wildman–Crippen LogP) is 2.39. The number of methoxy groups -OCH3 is 1. The Morgan fingerprint density at radius 1 is 1.50 bits per heavy atom. The first-order valence-corrected chi connectivity index (χ1v) is 5.66. The molecule has 0 radical (unpaired) electrons. The number of halogens is 1. The first kappa shape index (κ1) is 11.6. The maximum Gasteiger partial charge on any atom is 0.126 e. The highest BCUT2D eigenvalue weighted by Crippen LogP contribution is 2.40. The van der Waals surface area contributed by atoms with Crippen molar-refractivity contribution in [2.45, 2.75) is 31.3 Å². The van der Waals surface area contributed by atoms with Crippen LogP contribution in [0.2, 0.25) is 0 Å². The lowest BCUT2D eigenvalue weighted by Gasteiger charge is -2.23. The quantitative estimate of drug-likeness (QED) is 0.796. The van der Waals surface area contributed by atoms with Crippen LogP contribution < -0.4 is 0 Å². The van der Waals surface area contributed by atoms with Crippen LogP contribution in [0, 0.1) is 5.82 Å². The number of fused-ring (bicyclic) bond motifs is 1. The largest absolute Gasteiger partial charge is 0.385 e. The van der Waals surface area contributed by atoms with Gasteiger partial charge in [-0.15, -0.1) is 0 Å². The van der Waals surface area contributed by atoms with Crippen LogP contribution in [-0.4, -0.2) is 18.8 Å². The fourth-order valence-electron chi connectivity index (χ4n) is 2.48. The van der Waals surface area contributed by atoms with Crippen molar-refractivity contribution in [3.05, 3.63) is 35.1 Å². The van der Waals surface area contributed by atoms with Crippen molar-refractivity contribution in [3.8, 4) is 0 Å². The highest BCUT2D eigenvalue weighted by molar-refractivity contribution is 5.38. The van der Waals surface area contributed by atoms with E-state index in [4.69, 9.17) is 4.74 Å². The van der Waals surface area contributed by atoms with Gasteiger partial charge in [0, 0.05) is 13.7 Å². The number of ether oxygens (including phenoxy) is 1. The van der Waals surface area contributed by atoms with Crippen molar-refractivity contribution < 1.29 is 14.2 Å². The van der Waals surface area contributed by atoms with E-state index in [9.17, 15) is 9.50 Å². The van der Waals surface area contributed by atoms with Crippen LogP contribution in [0.5, 0.6) is 0 Å². The average molecular weight is 224 g/mol. The number of benzene rings is 1. The molecule has 0 aliphatic heterocycles. The van der Waals surface area contributed by atoms with Gasteiger partial charge in [-0.25, -0.2) is 4.39 Å². The molecular formula is C13H17FO2. The second kappa shape index (κ2) is 4.52. The molecule has 0 bridgehead atoms. The van der Waals surface area contributed by atoms with Gasteiger partial charge in [-0.1, -0.05) is 12.1 Å². The number of rotatable bonds is 4. The van der Waals surface area contributed by atoms with Crippen molar-refractivity contribution in [2.75, 3.05) is 13.7 Å². The fraction of sp³-hybridized carbons (Fsp3) is 0.538. The Hall–Kier alpha value is -0.930. The van der Waals surface area contributed by atoms with E-state index in [0.717, 1.165) is 12.0 Å². The SMILES string of the molecule is COCCCC1(O)CCc2c(F)cccc21. The van der Waals surface area contributed by atoms with E-state index in [0.29, 0.717) is 31.4 Å². The van der Waals surface area contributed by atoms with E-state index >= 15 is 0 Å². The number of aliphatic hydroxyl groups is 1. The zero-order valence-corrected chi connectivity index (χ0v) is 9.50. The highest BCUT2D eigenvalue weighted by atomic mass is 19.1. The lowest BCUT2D eigenvalue weighted by Crippen LogP contribution is -2.22. The zero-order chi connectivity index (χ0) is 11.6. The monoisotopic (exact) mass is 224 g/mol. The minimum atomic E-state index is -0.851. The van der Waals surface area contributed by atoms with E-state index in [-0.39, 0.29) is 5.82 Å².